The average molecular weight is 686 g/mol. The zero-order valence-electron chi connectivity index (χ0n) is 29.0. The fraction of sp³-hybridized carbons (Fsp3) is 0.0833. The number of benzene rings is 7. The molecule has 7 aromatic carbocycles. The van der Waals surface area contributed by atoms with Crippen LogP contribution in [0.5, 0.6) is 0 Å². The van der Waals surface area contributed by atoms with Gasteiger partial charge in [0.05, 0.1) is 0 Å². The summed E-state index contributed by atoms with van der Waals surface area (Å²) in [7, 11) is 0. The van der Waals surface area contributed by atoms with Crippen molar-refractivity contribution in [2.24, 2.45) is 9.98 Å². The summed E-state index contributed by atoms with van der Waals surface area (Å²) in [6.07, 6.45) is -0.302. The first-order valence-electron chi connectivity index (χ1n) is 17.9. The van der Waals surface area contributed by atoms with Crippen molar-refractivity contribution in [1.29, 1.82) is 0 Å². The number of thiophene rings is 1. The number of hydrogen-bond donors (Lipinski definition) is 1. The SMILES string of the molecule is CC1(C)c2ccccc2-c2ccc(C3N=C(c4ccccc4)N=C(c4cccc5sc6ccc(-c7cccc(-c8ccccc8)c7)cc6c45)N3)cc21. The van der Waals surface area contributed by atoms with Crippen LogP contribution >= 0.6 is 11.3 Å². The molecule has 1 atom stereocenters. The first-order valence-corrected chi connectivity index (χ1v) is 18.7. The Balaban J connectivity index is 1.10. The van der Waals surface area contributed by atoms with E-state index >= 15 is 0 Å². The second-order valence-corrected chi connectivity index (χ2v) is 15.3. The van der Waals surface area contributed by atoms with E-state index in [0.29, 0.717) is 0 Å². The maximum Gasteiger partial charge on any atom is 0.159 e. The Morgan fingerprint density at radius 3 is 2.00 bits per heavy atom. The van der Waals surface area contributed by atoms with Gasteiger partial charge in [0.15, 0.2) is 5.84 Å². The molecule has 1 aliphatic heterocycles. The summed E-state index contributed by atoms with van der Waals surface area (Å²) in [5.74, 6) is 1.57. The van der Waals surface area contributed by atoms with Crippen molar-refractivity contribution in [3.8, 4) is 33.4 Å². The van der Waals surface area contributed by atoms with E-state index in [4.69, 9.17) is 9.98 Å². The van der Waals surface area contributed by atoms with Gasteiger partial charge >= 0.3 is 0 Å². The molecule has 0 saturated carbocycles. The third-order valence-corrected chi connectivity index (χ3v) is 11.9. The van der Waals surface area contributed by atoms with Crippen LogP contribution in [0.3, 0.4) is 0 Å². The maximum atomic E-state index is 5.26. The number of hydrogen-bond acceptors (Lipinski definition) is 4. The van der Waals surface area contributed by atoms with Gasteiger partial charge in [-0.05, 0) is 74.3 Å². The number of fused-ring (bicyclic) bond motifs is 6. The Labute approximate surface area is 307 Å². The van der Waals surface area contributed by atoms with E-state index in [9.17, 15) is 0 Å². The minimum atomic E-state index is -0.302. The van der Waals surface area contributed by atoms with Crippen molar-refractivity contribution in [1.82, 2.24) is 5.32 Å². The van der Waals surface area contributed by atoms with Crippen LogP contribution in [0.1, 0.15) is 47.8 Å². The minimum Gasteiger partial charge on any atom is -0.344 e. The third kappa shape index (κ3) is 5.02. The normalized spacial score (nSPS) is 15.8. The fourth-order valence-corrected chi connectivity index (χ4v) is 9.19. The topological polar surface area (TPSA) is 36.8 Å². The summed E-state index contributed by atoms with van der Waals surface area (Å²) in [5, 5.41) is 6.26. The molecule has 2 heterocycles. The number of nitrogens with zero attached hydrogens (tertiary/aromatic N) is 2. The van der Waals surface area contributed by atoms with Gasteiger partial charge < -0.3 is 5.32 Å². The quantitative estimate of drug-likeness (QED) is 0.192. The van der Waals surface area contributed by atoms with E-state index < -0.39 is 0 Å². The van der Waals surface area contributed by atoms with Crippen molar-refractivity contribution in [2.75, 3.05) is 0 Å². The van der Waals surface area contributed by atoms with Crippen LogP contribution in [0.25, 0.3) is 53.6 Å². The highest BCUT2D eigenvalue weighted by molar-refractivity contribution is 7.25. The van der Waals surface area contributed by atoms with Gasteiger partial charge in [0.2, 0.25) is 0 Å². The Kier molecular flexibility index (Phi) is 7.09. The lowest BCUT2D eigenvalue weighted by Crippen LogP contribution is -2.33. The van der Waals surface area contributed by atoms with Gasteiger partial charge in [-0.1, -0.05) is 153 Å². The smallest absolute Gasteiger partial charge is 0.159 e. The number of nitrogens with one attached hydrogen (secondary N) is 1. The lowest BCUT2D eigenvalue weighted by atomic mass is 9.82. The highest BCUT2D eigenvalue weighted by atomic mass is 32.1. The zero-order chi connectivity index (χ0) is 34.8. The Hall–Kier alpha value is -6.10. The summed E-state index contributed by atoms with van der Waals surface area (Å²) >= 11 is 1.83. The number of rotatable bonds is 5. The van der Waals surface area contributed by atoms with E-state index in [-0.39, 0.29) is 11.6 Å². The lowest BCUT2D eigenvalue weighted by molar-refractivity contribution is 0.646. The molecular formula is C48H35N3S. The van der Waals surface area contributed by atoms with E-state index in [1.54, 1.807) is 0 Å². The molecule has 0 spiro atoms. The van der Waals surface area contributed by atoms with Crippen LogP contribution in [-0.2, 0) is 5.41 Å². The molecule has 0 bridgehead atoms. The Morgan fingerprint density at radius 1 is 0.519 bits per heavy atom. The van der Waals surface area contributed by atoms with E-state index in [0.717, 1.165) is 28.4 Å². The van der Waals surface area contributed by atoms with Crippen molar-refractivity contribution in [3.63, 3.8) is 0 Å². The van der Waals surface area contributed by atoms with Crippen molar-refractivity contribution in [2.45, 2.75) is 25.4 Å². The van der Waals surface area contributed by atoms with Gasteiger partial charge in [0.25, 0.3) is 0 Å². The molecule has 0 fully saturated rings. The highest BCUT2D eigenvalue weighted by Crippen LogP contribution is 2.49. The second kappa shape index (κ2) is 12.0. The van der Waals surface area contributed by atoms with Gasteiger partial charge in [-0.25, -0.2) is 9.98 Å². The summed E-state index contributed by atoms with van der Waals surface area (Å²) in [6, 6.07) is 58.9. The number of amidine groups is 2. The van der Waals surface area contributed by atoms with Crippen molar-refractivity contribution in [3.05, 3.63) is 192 Å². The first-order chi connectivity index (χ1) is 25.5. The lowest BCUT2D eigenvalue weighted by Gasteiger charge is -2.26. The molecule has 4 heteroatoms. The molecule has 52 heavy (non-hydrogen) atoms. The van der Waals surface area contributed by atoms with Crippen LogP contribution in [0.4, 0.5) is 0 Å². The third-order valence-electron chi connectivity index (χ3n) is 10.8. The van der Waals surface area contributed by atoms with E-state index in [2.05, 4.69) is 177 Å². The average Bonchev–Trinajstić information content (AvgIpc) is 3.70. The Bertz CT molecular complexity index is 2740. The molecular weight excluding hydrogens is 651 g/mol. The first kappa shape index (κ1) is 30.7. The van der Waals surface area contributed by atoms with Crippen LogP contribution in [0, 0.1) is 0 Å². The molecule has 3 nitrogen and oxygen atoms in total. The van der Waals surface area contributed by atoms with Gasteiger partial charge in [-0.3, -0.25) is 0 Å². The van der Waals surface area contributed by atoms with Crippen LogP contribution in [-0.4, -0.2) is 11.7 Å². The molecule has 8 aromatic rings. The molecule has 2 aliphatic rings. The minimum absolute atomic E-state index is 0.0982. The zero-order valence-corrected chi connectivity index (χ0v) is 29.8. The van der Waals surface area contributed by atoms with Crippen LogP contribution in [0.15, 0.2) is 174 Å². The fourth-order valence-electron chi connectivity index (χ4n) is 8.08. The van der Waals surface area contributed by atoms with E-state index in [1.807, 2.05) is 17.4 Å². The highest BCUT2D eigenvalue weighted by Gasteiger charge is 2.36. The predicted octanol–water partition coefficient (Wildman–Crippen LogP) is 12.2. The van der Waals surface area contributed by atoms with Gasteiger partial charge in [-0.15, -0.1) is 11.3 Å². The second-order valence-electron chi connectivity index (χ2n) is 14.2. The molecule has 10 rings (SSSR count). The maximum absolute atomic E-state index is 5.26. The molecule has 1 N–H and O–H groups in total. The van der Waals surface area contributed by atoms with Crippen LogP contribution in [0.2, 0.25) is 0 Å². The molecule has 1 aliphatic carbocycles. The monoisotopic (exact) mass is 685 g/mol. The molecule has 0 amide bonds. The molecule has 1 aromatic heterocycles. The summed E-state index contributed by atoms with van der Waals surface area (Å²) < 4.78 is 2.50. The largest absolute Gasteiger partial charge is 0.344 e. The number of aliphatic imine (C=N–C) groups is 2. The standard InChI is InChI=1S/C48H35N3S/c1-48(2)40-21-10-9-19-36(40)37-25-23-35(29-41(37)48)46-49-45(31-15-7-4-8-16-31)50-47(51-46)38-20-12-22-43-44(38)39-28-34(24-26-42(39)52-43)33-18-11-17-32(27-33)30-13-5-3-6-14-30/h3-29,46H,1-2H3,(H,49,50,51). The molecule has 1 unspecified atom stereocenters. The van der Waals surface area contributed by atoms with Crippen LogP contribution < -0.4 is 5.32 Å². The van der Waals surface area contributed by atoms with Gasteiger partial charge in [0.1, 0.15) is 12.0 Å². The van der Waals surface area contributed by atoms with E-state index in [1.165, 1.54) is 64.7 Å². The predicted molar refractivity (Wildman–Crippen MR) is 220 cm³/mol. The van der Waals surface area contributed by atoms with Crippen molar-refractivity contribution < 1.29 is 0 Å². The summed E-state index contributed by atoms with van der Waals surface area (Å²) in [6.45, 7) is 4.66. The Morgan fingerprint density at radius 2 is 1.17 bits per heavy atom. The van der Waals surface area contributed by atoms with Gasteiger partial charge in [-0.2, -0.15) is 0 Å². The van der Waals surface area contributed by atoms with Crippen molar-refractivity contribution >= 4 is 43.2 Å². The molecule has 248 valence electrons. The summed E-state index contributed by atoms with van der Waals surface area (Å²) in [4.78, 5) is 10.5. The summed E-state index contributed by atoms with van der Waals surface area (Å²) in [5.41, 5.74) is 13.3. The molecule has 0 radical (unpaired) electrons. The van der Waals surface area contributed by atoms with Gasteiger partial charge in [0, 0.05) is 36.7 Å². The molecule has 0 saturated heterocycles.